The third-order valence-corrected chi connectivity index (χ3v) is 9.55. The molecule has 3 N–H and O–H groups in total. The monoisotopic (exact) mass is 515 g/mol. The summed E-state index contributed by atoms with van der Waals surface area (Å²) in [5, 5.41) is 25.0. The standard InChI is InChI=1S/C29H45N3O5/c1-31-16-21(10-11-27(31)35)30-24-9-5-8-20-12-13-32(17-23(20)24)29(36)28-25(34)14-22(33)15-26(28)37-18-19-6-3-2-4-7-19/h10-11,16,19-20,22-26,28,30,33-34H,2-9,12-15,17-18H2,1H3. The third kappa shape index (κ3) is 6.23. The Morgan fingerprint density at radius 3 is 2.65 bits per heavy atom. The quantitative estimate of drug-likeness (QED) is 0.538. The van der Waals surface area contributed by atoms with E-state index >= 15 is 0 Å². The predicted molar refractivity (Wildman–Crippen MR) is 142 cm³/mol. The maximum atomic E-state index is 13.9. The summed E-state index contributed by atoms with van der Waals surface area (Å²) in [6.45, 7) is 2.01. The van der Waals surface area contributed by atoms with Gasteiger partial charge in [-0.1, -0.05) is 25.7 Å². The SMILES string of the molecule is Cn1cc(NC2CCCC3CCN(C(=O)C4C(O)CC(O)CC4OCC4CCCCC4)CC32)ccc1=O. The number of nitrogens with one attached hydrogen (secondary N) is 1. The number of piperidine rings is 1. The van der Waals surface area contributed by atoms with E-state index in [0.717, 1.165) is 37.8 Å². The normalized spacial score (nSPS) is 35.1. The summed E-state index contributed by atoms with van der Waals surface area (Å²) in [5.41, 5.74) is 0.905. The molecule has 8 nitrogen and oxygen atoms in total. The number of hydrogen-bond acceptors (Lipinski definition) is 6. The number of nitrogens with zero attached hydrogens (tertiary/aromatic N) is 2. The fraction of sp³-hybridized carbons (Fsp3) is 0.793. The second-order valence-corrected chi connectivity index (χ2v) is 12.1. The second-order valence-electron chi connectivity index (χ2n) is 12.1. The van der Waals surface area contributed by atoms with Crippen molar-refractivity contribution in [2.75, 3.05) is 25.0 Å². The minimum absolute atomic E-state index is 0.0158. The van der Waals surface area contributed by atoms with E-state index in [9.17, 15) is 19.8 Å². The van der Waals surface area contributed by atoms with Crippen molar-refractivity contribution in [1.82, 2.24) is 9.47 Å². The molecule has 1 saturated heterocycles. The Morgan fingerprint density at radius 1 is 1.05 bits per heavy atom. The van der Waals surface area contributed by atoms with Gasteiger partial charge in [-0.2, -0.15) is 0 Å². The molecule has 0 spiro atoms. The second kappa shape index (κ2) is 11.9. The molecule has 206 valence electrons. The van der Waals surface area contributed by atoms with Gasteiger partial charge in [-0.05, 0) is 55.9 Å². The summed E-state index contributed by atoms with van der Waals surface area (Å²) >= 11 is 0. The number of aromatic nitrogens is 1. The van der Waals surface area contributed by atoms with Crippen molar-refractivity contribution in [3.8, 4) is 0 Å². The van der Waals surface area contributed by atoms with Crippen molar-refractivity contribution in [3.05, 3.63) is 28.7 Å². The largest absolute Gasteiger partial charge is 0.393 e. The summed E-state index contributed by atoms with van der Waals surface area (Å²) in [6.07, 6.45) is 11.0. The number of rotatable bonds is 6. The Balaban J connectivity index is 1.26. The first-order chi connectivity index (χ1) is 17.9. The number of pyridine rings is 1. The number of hydrogen-bond donors (Lipinski definition) is 3. The van der Waals surface area contributed by atoms with Gasteiger partial charge in [-0.15, -0.1) is 0 Å². The molecule has 2 heterocycles. The van der Waals surface area contributed by atoms with E-state index in [2.05, 4.69) is 5.32 Å². The lowest BCUT2D eigenvalue weighted by Crippen LogP contribution is -2.57. The number of aliphatic hydroxyl groups excluding tert-OH is 2. The van der Waals surface area contributed by atoms with E-state index in [-0.39, 0.29) is 23.9 Å². The number of aliphatic hydroxyl groups is 2. The van der Waals surface area contributed by atoms with Gasteiger partial charge in [0.05, 0.1) is 29.9 Å². The molecule has 7 unspecified atom stereocenters. The molecule has 3 aliphatic carbocycles. The van der Waals surface area contributed by atoms with Crippen molar-refractivity contribution in [3.63, 3.8) is 0 Å². The molecule has 4 fully saturated rings. The van der Waals surface area contributed by atoms with E-state index in [0.29, 0.717) is 43.9 Å². The van der Waals surface area contributed by atoms with E-state index < -0.39 is 24.2 Å². The Kier molecular flexibility index (Phi) is 8.57. The van der Waals surface area contributed by atoms with Crippen molar-refractivity contribution in [2.45, 2.75) is 95.0 Å². The highest BCUT2D eigenvalue weighted by Crippen LogP contribution is 2.39. The zero-order valence-corrected chi connectivity index (χ0v) is 22.3. The average molecular weight is 516 g/mol. The van der Waals surface area contributed by atoms with Crippen LogP contribution in [0.1, 0.15) is 70.6 Å². The van der Waals surface area contributed by atoms with Crippen LogP contribution in [0.3, 0.4) is 0 Å². The Hall–Kier alpha value is -1.90. The van der Waals surface area contributed by atoms with Crippen LogP contribution < -0.4 is 10.9 Å². The average Bonchev–Trinajstić information content (AvgIpc) is 2.89. The van der Waals surface area contributed by atoms with Crippen LogP contribution in [0.2, 0.25) is 0 Å². The topological polar surface area (TPSA) is 104 Å². The van der Waals surface area contributed by atoms with Gasteiger partial charge in [0.2, 0.25) is 11.5 Å². The van der Waals surface area contributed by atoms with Gasteiger partial charge < -0.3 is 29.7 Å². The molecule has 1 aliphatic heterocycles. The number of ether oxygens (including phenoxy) is 1. The summed E-state index contributed by atoms with van der Waals surface area (Å²) in [7, 11) is 1.76. The Morgan fingerprint density at radius 2 is 1.86 bits per heavy atom. The van der Waals surface area contributed by atoms with E-state index in [1.807, 2.05) is 17.2 Å². The first-order valence-electron chi connectivity index (χ1n) is 14.6. The van der Waals surface area contributed by atoms with Crippen molar-refractivity contribution >= 4 is 11.6 Å². The van der Waals surface area contributed by atoms with Gasteiger partial charge in [0.1, 0.15) is 0 Å². The maximum absolute atomic E-state index is 13.9. The summed E-state index contributed by atoms with van der Waals surface area (Å²) in [6, 6.07) is 3.67. The van der Waals surface area contributed by atoms with Gasteiger partial charge >= 0.3 is 0 Å². The minimum Gasteiger partial charge on any atom is -0.393 e. The first kappa shape index (κ1) is 26.7. The van der Waals surface area contributed by atoms with Crippen molar-refractivity contribution < 1.29 is 19.7 Å². The van der Waals surface area contributed by atoms with Crippen LogP contribution in [0, 0.1) is 23.7 Å². The summed E-state index contributed by atoms with van der Waals surface area (Å²) < 4.78 is 7.90. The highest BCUT2D eigenvalue weighted by Gasteiger charge is 2.46. The Labute approximate surface area is 220 Å². The smallest absolute Gasteiger partial charge is 0.250 e. The van der Waals surface area contributed by atoms with Crippen LogP contribution in [0.15, 0.2) is 23.1 Å². The van der Waals surface area contributed by atoms with Crippen LogP contribution >= 0.6 is 0 Å². The lowest BCUT2D eigenvalue weighted by Gasteiger charge is -2.47. The molecule has 8 heteroatoms. The van der Waals surface area contributed by atoms with Crippen LogP contribution in [0.25, 0.3) is 0 Å². The van der Waals surface area contributed by atoms with Crippen LogP contribution in [-0.2, 0) is 16.6 Å². The molecule has 1 aromatic rings. The Bertz CT molecular complexity index is 977. The molecular formula is C29H45N3O5. The highest BCUT2D eigenvalue weighted by molar-refractivity contribution is 5.80. The fourth-order valence-electron chi connectivity index (χ4n) is 7.44. The lowest BCUT2D eigenvalue weighted by molar-refractivity contribution is -0.162. The zero-order valence-electron chi connectivity index (χ0n) is 22.3. The maximum Gasteiger partial charge on any atom is 0.250 e. The third-order valence-electron chi connectivity index (χ3n) is 9.55. The highest BCUT2D eigenvalue weighted by atomic mass is 16.5. The van der Waals surface area contributed by atoms with Gasteiger partial charge in [0.15, 0.2) is 0 Å². The number of aryl methyl sites for hydroxylation is 1. The molecule has 0 aromatic carbocycles. The number of amides is 1. The number of carbonyl (C=O) groups excluding carboxylic acids is 1. The van der Waals surface area contributed by atoms with E-state index in [4.69, 9.17) is 4.74 Å². The summed E-state index contributed by atoms with van der Waals surface area (Å²) in [4.78, 5) is 27.7. The number of anilines is 1. The van der Waals surface area contributed by atoms with Crippen LogP contribution in [0.4, 0.5) is 5.69 Å². The molecule has 1 aromatic heterocycles. The molecule has 0 radical (unpaired) electrons. The molecule has 0 bridgehead atoms. The molecule has 1 amide bonds. The van der Waals surface area contributed by atoms with Gasteiger partial charge in [0, 0.05) is 57.9 Å². The van der Waals surface area contributed by atoms with E-state index in [1.165, 1.54) is 25.7 Å². The molecule has 5 rings (SSSR count). The van der Waals surface area contributed by atoms with Crippen molar-refractivity contribution in [1.29, 1.82) is 0 Å². The fourth-order valence-corrected chi connectivity index (χ4v) is 7.44. The summed E-state index contributed by atoms with van der Waals surface area (Å²) in [5.74, 6) is 0.791. The van der Waals surface area contributed by atoms with Crippen LogP contribution in [-0.4, -0.2) is 69.6 Å². The van der Waals surface area contributed by atoms with Gasteiger partial charge in [0.25, 0.3) is 0 Å². The number of likely N-dealkylation sites (tertiary alicyclic amines) is 1. The number of fused-ring (bicyclic) bond motifs is 1. The minimum atomic E-state index is -0.879. The predicted octanol–water partition coefficient (Wildman–Crippen LogP) is 2.91. The molecule has 4 aliphatic rings. The first-order valence-corrected chi connectivity index (χ1v) is 14.6. The molecular weight excluding hydrogens is 470 g/mol. The lowest BCUT2D eigenvalue weighted by atomic mass is 9.71. The van der Waals surface area contributed by atoms with E-state index in [1.54, 1.807) is 17.7 Å². The molecule has 37 heavy (non-hydrogen) atoms. The molecule has 3 saturated carbocycles. The van der Waals surface area contributed by atoms with Crippen LogP contribution in [0.5, 0.6) is 0 Å². The molecule has 7 atom stereocenters. The van der Waals surface area contributed by atoms with Crippen molar-refractivity contribution in [2.24, 2.45) is 30.7 Å². The van der Waals surface area contributed by atoms with Gasteiger partial charge in [-0.3, -0.25) is 9.59 Å². The van der Waals surface area contributed by atoms with Gasteiger partial charge in [-0.25, -0.2) is 0 Å². The number of carbonyl (C=O) groups is 1. The zero-order chi connectivity index (χ0) is 25.9.